The molecule has 0 amide bonds. The van der Waals surface area contributed by atoms with E-state index in [1.165, 1.54) is 36.0 Å². The molecule has 1 aliphatic rings. The third kappa shape index (κ3) is 2.90. The van der Waals surface area contributed by atoms with Crippen molar-refractivity contribution < 1.29 is 5.11 Å². The Kier molecular flexibility index (Phi) is 3.58. The van der Waals surface area contributed by atoms with E-state index in [1.54, 1.807) is 0 Å². The van der Waals surface area contributed by atoms with Crippen molar-refractivity contribution in [1.29, 1.82) is 0 Å². The van der Waals surface area contributed by atoms with Gasteiger partial charge in [0.1, 0.15) is 0 Å². The molecule has 1 aliphatic carbocycles. The van der Waals surface area contributed by atoms with E-state index >= 15 is 0 Å². The van der Waals surface area contributed by atoms with E-state index in [1.807, 2.05) is 0 Å². The van der Waals surface area contributed by atoms with E-state index in [0.29, 0.717) is 5.92 Å². The molecule has 1 N–H and O–H groups in total. The summed E-state index contributed by atoms with van der Waals surface area (Å²) in [6, 6.07) is 6.89. The first-order chi connectivity index (χ1) is 8.00. The summed E-state index contributed by atoms with van der Waals surface area (Å²) in [6.07, 6.45) is 4.79. The highest BCUT2D eigenvalue weighted by molar-refractivity contribution is 5.35. The van der Waals surface area contributed by atoms with Crippen LogP contribution in [-0.2, 0) is 19.3 Å². The zero-order valence-electron chi connectivity index (χ0n) is 11.3. The molecular weight excluding hydrogens is 208 g/mol. The number of aliphatic hydroxyl groups excluding tert-OH is 1. The second-order valence-electron chi connectivity index (χ2n) is 6.41. The number of aliphatic hydroxyl groups is 1. The highest BCUT2D eigenvalue weighted by Crippen LogP contribution is 2.30. The number of fused-ring (bicyclic) bond motifs is 1. The van der Waals surface area contributed by atoms with Crippen LogP contribution in [0.4, 0.5) is 0 Å². The molecule has 1 aromatic rings. The van der Waals surface area contributed by atoms with Crippen LogP contribution in [0.3, 0.4) is 0 Å². The molecule has 2 rings (SSSR count). The van der Waals surface area contributed by atoms with Crippen molar-refractivity contribution in [2.24, 2.45) is 11.3 Å². The minimum absolute atomic E-state index is 0.174. The second-order valence-corrected chi connectivity index (χ2v) is 6.41. The van der Waals surface area contributed by atoms with E-state index in [9.17, 15) is 5.11 Å². The molecule has 0 radical (unpaired) electrons. The van der Waals surface area contributed by atoms with Crippen LogP contribution in [0.15, 0.2) is 18.2 Å². The van der Waals surface area contributed by atoms with Gasteiger partial charge in [-0.3, -0.25) is 0 Å². The van der Waals surface area contributed by atoms with Gasteiger partial charge in [-0.2, -0.15) is 0 Å². The lowest BCUT2D eigenvalue weighted by molar-refractivity contribution is 0.131. The van der Waals surface area contributed by atoms with Crippen molar-refractivity contribution in [3.8, 4) is 0 Å². The van der Waals surface area contributed by atoms with Gasteiger partial charge in [-0.25, -0.2) is 0 Å². The first kappa shape index (κ1) is 12.6. The van der Waals surface area contributed by atoms with Crippen LogP contribution in [0.1, 0.15) is 43.9 Å². The van der Waals surface area contributed by atoms with Crippen LogP contribution in [0, 0.1) is 11.3 Å². The summed E-state index contributed by atoms with van der Waals surface area (Å²) in [5.41, 5.74) is 4.63. The molecule has 0 aromatic heterocycles. The second kappa shape index (κ2) is 4.81. The summed E-state index contributed by atoms with van der Waals surface area (Å²) in [5.74, 6) is 0.349. The maximum atomic E-state index is 9.52. The van der Waals surface area contributed by atoms with Crippen molar-refractivity contribution in [2.75, 3.05) is 6.61 Å². The van der Waals surface area contributed by atoms with Gasteiger partial charge >= 0.3 is 0 Å². The predicted molar refractivity (Wildman–Crippen MR) is 72.2 cm³/mol. The normalized spacial score (nSPS) is 16.9. The van der Waals surface area contributed by atoms with E-state index in [0.717, 1.165) is 6.42 Å². The fourth-order valence-corrected chi connectivity index (χ4v) is 2.68. The van der Waals surface area contributed by atoms with Crippen LogP contribution >= 0.6 is 0 Å². The molecule has 0 bridgehead atoms. The number of hydrogen-bond donors (Lipinski definition) is 1. The number of benzene rings is 1. The molecule has 1 atom stereocenters. The monoisotopic (exact) mass is 232 g/mol. The lowest BCUT2D eigenvalue weighted by atomic mass is 9.77. The Morgan fingerprint density at radius 2 is 1.88 bits per heavy atom. The Bertz CT molecular complexity index is 387. The summed E-state index contributed by atoms with van der Waals surface area (Å²) in [4.78, 5) is 0. The Balaban J connectivity index is 2.13. The Morgan fingerprint density at radius 3 is 2.53 bits per heavy atom. The van der Waals surface area contributed by atoms with Crippen LogP contribution in [0.5, 0.6) is 0 Å². The molecule has 17 heavy (non-hydrogen) atoms. The van der Waals surface area contributed by atoms with Crippen LogP contribution < -0.4 is 0 Å². The maximum Gasteiger partial charge on any atom is 0.0467 e. The molecule has 0 aliphatic heterocycles. The van der Waals surface area contributed by atoms with Crippen LogP contribution in [0.2, 0.25) is 0 Å². The summed E-state index contributed by atoms with van der Waals surface area (Å²) in [7, 11) is 0. The average molecular weight is 232 g/mol. The van der Waals surface area contributed by atoms with Gasteiger partial charge in [0.2, 0.25) is 0 Å². The van der Waals surface area contributed by atoms with Crippen molar-refractivity contribution in [3.63, 3.8) is 0 Å². The van der Waals surface area contributed by atoms with Gasteiger partial charge in [-0.05, 0) is 53.7 Å². The summed E-state index contributed by atoms with van der Waals surface area (Å²) >= 11 is 0. The number of rotatable bonds is 3. The number of hydrogen-bond acceptors (Lipinski definition) is 1. The molecule has 0 heterocycles. The molecule has 1 nitrogen and oxygen atoms in total. The van der Waals surface area contributed by atoms with Crippen LogP contribution in [0.25, 0.3) is 0 Å². The third-order valence-electron chi connectivity index (χ3n) is 4.09. The zero-order valence-corrected chi connectivity index (χ0v) is 11.3. The lowest BCUT2D eigenvalue weighted by Gasteiger charge is -2.29. The third-order valence-corrected chi connectivity index (χ3v) is 4.09. The fourth-order valence-electron chi connectivity index (χ4n) is 2.68. The zero-order chi connectivity index (χ0) is 12.5. The minimum atomic E-state index is 0.174. The number of aryl methyl sites for hydroxylation is 2. The molecule has 0 saturated carbocycles. The standard InChI is InChI=1S/C16H24O/c1-16(2,3)15(11-17)10-12-7-8-13-5-4-6-14(13)9-12/h7-9,15,17H,4-6,10-11H2,1-3H3. The van der Waals surface area contributed by atoms with E-state index in [-0.39, 0.29) is 12.0 Å². The van der Waals surface area contributed by atoms with Gasteiger partial charge in [-0.15, -0.1) is 0 Å². The molecule has 0 spiro atoms. The van der Waals surface area contributed by atoms with Gasteiger partial charge in [0, 0.05) is 6.61 Å². The maximum absolute atomic E-state index is 9.52. The topological polar surface area (TPSA) is 20.2 Å². The Morgan fingerprint density at radius 1 is 1.18 bits per heavy atom. The summed E-state index contributed by atoms with van der Waals surface area (Å²) < 4.78 is 0. The quantitative estimate of drug-likeness (QED) is 0.847. The molecule has 1 unspecified atom stereocenters. The molecular formula is C16H24O. The minimum Gasteiger partial charge on any atom is -0.396 e. The molecule has 0 saturated heterocycles. The lowest BCUT2D eigenvalue weighted by Crippen LogP contribution is -2.26. The van der Waals surface area contributed by atoms with Crippen molar-refractivity contribution in [2.45, 2.75) is 46.5 Å². The van der Waals surface area contributed by atoms with E-state index in [2.05, 4.69) is 39.0 Å². The Labute approximate surface area is 105 Å². The summed E-state index contributed by atoms with van der Waals surface area (Å²) in [5, 5.41) is 9.52. The van der Waals surface area contributed by atoms with Gasteiger partial charge in [-0.1, -0.05) is 39.0 Å². The molecule has 94 valence electrons. The Hall–Kier alpha value is -0.820. The molecule has 1 aromatic carbocycles. The first-order valence-corrected chi connectivity index (χ1v) is 6.72. The van der Waals surface area contributed by atoms with Crippen molar-refractivity contribution in [1.82, 2.24) is 0 Å². The molecule has 0 fully saturated rings. The van der Waals surface area contributed by atoms with Gasteiger partial charge in [0.15, 0.2) is 0 Å². The van der Waals surface area contributed by atoms with E-state index < -0.39 is 0 Å². The highest BCUT2D eigenvalue weighted by atomic mass is 16.3. The van der Waals surface area contributed by atoms with Crippen LogP contribution in [-0.4, -0.2) is 11.7 Å². The largest absolute Gasteiger partial charge is 0.396 e. The summed E-state index contributed by atoms with van der Waals surface area (Å²) in [6.45, 7) is 6.91. The first-order valence-electron chi connectivity index (χ1n) is 6.72. The highest BCUT2D eigenvalue weighted by Gasteiger charge is 2.24. The SMILES string of the molecule is CC(C)(C)C(CO)Cc1ccc2c(c1)CCC2. The van der Waals surface area contributed by atoms with Gasteiger partial charge in [0.05, 0.1) is 0 Å². The van der Waals surface area contributed by atoms with E-state index in [4.69, 9.17) is 0 Å². The van der Waals surface area contributed by atoms with Gasteiger partial charge < -0.3 is 5.11 Å². The van der Waals surface area contributed by atoms with Gasteiger partial charge in [0.25, 0.3) is 0 Å². The predicted octanol–water partition coefficient (Wildman–Crippen LogP) is 3.37. The van der Waals surface area contributed by atoms with Crippen molar-refractivity contribution >= 4 is 0 Å². The molecule has 1 heteroatoms. The van der Waals surface area contributed by atoms with Crippen molar-refractivity contribution in [3.05, 3.63) is 34.9 Å². The fraction of sp³-hybridized carbons (Fsp3) is 0.625. The smallest absolute Gasteiger partial charge is 0.0467 e. The average Bonchev–Trinajstić information content (AvgIpc) is 2.71.